The van der Waals surface area contributed by atoms with Gasteiger partial charge < -0.3 is 4.74 Å². The van der Waals surface area contributed by atoms with Crippen LogP contribution < -0.4 is 0 Å². The first-order valence-electron chi connectivity index (χ1n) is 5.77. The Labute approximate surface area is 108 Å². The van der Waals surface area contributed by atoms with Crippen LogP contribution in [0.2, 0.25) is 0 Å². The Kier molecular flexibility index (Phi) is 4.43. The molecule has 1 aromatic heterocycles. The lowest BCUT2D eigenvalue weighted by molar-refractivity contribution is -0.000710. The fourth-order valence-corrected chi connectivity index (χ4v) is 1.42. The minimum Gasteiger partial charge on any atom is -0.457 e. The van der Waals surface area contributed by atoms with Crippen LogP contribution in [0, 0.1) is 24.7 Å². The van der Waals surface area contributed by atoms with Crippen LogP contribution in [0.3, 0.4) is 0 Å². The zero-order chi connectivity index (χ0) is 13.8. The molecule has 18 heavy (non-hydrogen) atoms. The van der Waals surface area contributed by atoms with Gasteiger partial charge in [0, 0.05) is 12.6 Å². The van der Waals surface area contributed by atoms with Crippen molar-refractivity contribution in [2.75, 3.05) is 0 Å². The first kappa shape index (κ1) is 14.2. The molecule has 0 aromatic carbocycles. The second-order valence-corrected chi connectivity index (χ2v) is 5.19. The van der Waals surface area contributed by atoms with Crippen molar-refractivity contribution in [2.24, 2.45) is 5.41 Å². The molecule has 0 aliphatic heterocycles. The predicted octanol–water partition coefficient (Wildman–Crippen LogP) is 2.38. The van der Waals surface area contributed by atoms with Crippen molar-refractivity contribution in [2.45, 2.75) is 40.2 Å². The van der Waals surface area contributed by atoms with Gasteiger partial charge in [-0.1, -0.05) is 20.8 Å². The Morgan fingerprint density at radius 2 is 2.22 bits per heavy atom. The van der Waals surface area contributed by atoms with E-state index in [0.717, 1.165) is 0 Å². The predicted molar refractivity (Wildman–Crippen MR) is 68.9 cm³/mol. The third-order valence-electron chi connectivity index (χ3n) is 2.65. The normalized spacial score (nSPS) is 12.6. The quantitative estimate of drug-likeness (QED) is 0.607. The molecule has 0 saturated carbocycles. The third kappa shape index (κ3) is 3.56. The number of hydrogen-bond donors (Lipinski definition) is 0. The van der Waals surface area contributed by atoms with Gasteiger partial charge in [-0.15, -0.1) is 12.3 Å². The standard InChI is InChI=1S/C14H18N2O2/c1-6-7-12(14(3,4)5)18-13(17)11-8-15-9-16-10(11)2/h1,8-9,12H,7H2,2-5H3. The largest absolute Gasteiger partial charge is 0.457 e. The van der Waals surface area contributed by atoms with Gasteiger partial charge in [0.25, 0.3) is 0 Å². The fraction of sp³-hybridized carbons (Fsp3) is 0.500. The zero-order valence-corrected chi connectivity index (χ0v) is 11.2. The molecule has 0 N–H and O–H groups in total. The highest BCUT2D eigenvalue weighted by Gasteiger charge is 2.28. The molecule has 4 nitrogen and oxygen atoms in total. The monoisotopic (exact) mass is 246 g/mol. The molecule has 0 saturated heterocycles. The van der Waals surface area contributed by atoms with Crippen molar-refractivity contribution < 1.29 is 9.53 Å². The van der Waals surface area contributed by atoms with Crippen molar-refractivity contribution in [3.8, 4) is 12.3 Å². The van der Waals surface area contributed by atoms with Crippen LogP contribution in [0.25, 0.3) is 0 Å². The molecule has 1 atom stereocenters. The topological polar surface area (TPSA) is 52.1 Å². The van der Waals surface area contributed by atoms with Crippen LogP contribution in [0.15, 0.2) is 12.5 Å². The third-order valence-corrected chi connectivity index (χ3v) is 2.65. The number of carbonyl (C=O) groups is 1. The molecule has 0 bridgehead atoms. The fourth-order valence-electron chi connectivity index (χ4n) is 1.42. The second-order valence-electron chi connectivity index (χ2n) is 5.19. The van der Waals surface area contributed by atoms with Crippen molar-refractivity contribution in [3.05, 3.63) is 23.8 Å². The second kappa shape index (κ2) is 5.63. The number of esters is 1. The van der Waals surface area contributed by atoms with Crippen LogP contribution in [0.4, 0.5) is 0 Å². The number of rotatable bonds is 3. The molecule has 0 radical (unpaired) electrons. The summed E-state index contributed by atoms with van der Waals surface area (Å²) in [4.78, 5) is 19.8. The highest BCUT2D eigenvalue weighted by molar-refractivity contribution is 5.90. The summed E-state index contributed by atoms with van der Waals surface area (Å²) in [5.41, 5.74) is 0.776. The van der Waals surface area contributed by atoms with Gasteiger partial charge in [0.1, 0.15) is 12.4 Å². The van der Waals surface area contributed by atoms with E-state index in [1.807, 2.05) is 20.8 Å². The summed E-state index contributed by atoms with van der Waals surface area (Å²) < 4.78 is 5.46. The van der Waals surface area contributed by atoms with Crippen molar-refractivity contribution in [1.29, 1.82) is 0 Å². The smallest absolute Gasteiger partial charge is 0.341 e. The minimum absolute atomic E-state index is 0.203. The lowest BCUT2D eigenvalue weighted by atomic mass is 9.87. The van der Waals surface area contributed by atoms with Crippen LogP contribution in [0.5, 0.6) is 0 Å². The van der Waals surface area contributed by atoms with Crippen LogP contribution in [-0.4, -0.2) is 22.0 Å². The van der Waals surface area contributed by atoms with E-state index in [0.29, 0.717) is 17.7 Å². The number of nitrogens with zero attached hydrogens (tertiary/aromatic N) is 2. The summed E-state index contributed by atoms with van der Waals surface area (Å²) in [6.45, 7) is 7.69. The molecule has 1 rings (SSSR count). The number of ether oxygens (including phenoxy) is 1. The van der Waals surface area contributed by atoms with Crippen LogP contribution >= 0.6 is 0 Å². The van der Waals surface area contributed by atoms with Crippen LogP contribution in [0.1, 0.15) is 43.2 Å². The molecule has 0 spiro atoms. The summed E-state index contributed by atoms with van der Waals surface area (Å²) >= 11 is 0. The number of terminal acetylenes is 1. The van der Waals surface area contributed by atoms with Gasteiger partial charge in [0.05, 0.1) is 11.3 Å². The molecule has 1 heterocycles. The molecule has 0 amide bonds. The van der Waals surface area contributed by atoms with Gasteiger partial charge in [0.2, 0.25) is 0 Å². The Balaban J connectivity index is 2.87. The van der Waals surface area contributed by atoms with E-state index in [4.69, 9.17) is 11.2 Å². The Morgan fingerprint density at radius 1 is 1.56 bits per heavy atom. The highest BCUT2D eigenvalue weighted by Crippen LogP contribution is 2.25. The van der Waals surface area contributed by atoms with Crippen molar-refractivity contribution in [3.63, 3.8) is 0 Å². The molecule has 4 heteroatoms. The summed E-state index contributed by atoms with van der Waals surface area (Å²) in [6.07, 6.45) is 8.23. The summed E-state index contributed by atoms with van der Waals surface area (Å²) in [7, 11) is 0. The number of hydrogen-bond acceptors (Lipinski definition) is 4. The van der Waals surface area contributed by atoms with E-state index in [9.17, 15) is 4.79 Å². The number of aromatic nitrogens is 2. The molecule has 1 unspecified atom stereocenters. The van der Waals surface area contributed by atoms with Gasteiger partial charge >= 0.3 is 5.97 Å². The molecule has 0 fully saturated rings. The Hall–Kier alpha value is -1.89. The van der Waals surface area contributed by atoms with E-state index < -0.39 is 5.97 Å². The molecule has 0 aliphatic carbocycles. The maximum Gasteiger partial charge on any atom is 0.341 e. The van der Waals surface area contributed by atoms with Crippen LogP contribution in [-0.2, 0) is 4.74 Å². The van der Waals surface area contributed by atoms with E-state index >= 15 is 0 Å². The first-order valence-corrected chi connectivity index (χ1v) is 5.77. The van der Waals surface area contributed by atoms with E-state index in [-0.39, 0.29) is 11.5 Å². The minimum atomic E-state index is -0.428. The van der Waals surface area contributed by atoms with Crippen molar-refractivity contribution >= 4 is 5.97 Å². The Morgan fingerprint density at radius 3 is 2.72 bits per heavy atom. The van der Waals surface area contributed by atoms with Gasteiger partial charge in [-0.05, 0) is 12.3 Å². The molecule has 96 valence electrons. The average molecular weight is 246 g/mol. The summed E-state index contributed by atoms with van der Waals surface area (Å²) in [6, 6.07) is 0. The number of carbonyl (C=O) groups excluding carboxylic acids is 1. The van der Waals surface area contributed by atoms with Crippen molar-refractivity contribution in [1.82, 2.24) is 9.97 Å². The lowest BCUT2D eigenvalue weighted by Gasteiger charge is -2.28. The molecular weight excluding hydrogens is 228 g/mol. The van der Waals surface area contributed by atoms with Gasteiger partial charge in [-0.25, -0.2) is 14.8 Å². The zero-order valence-electron chi connectivity index (χ0n) is 11.2. The summed E-state index contributed by atoms with van der Waals surface area (Å²) in [5, 5.41) is 0. The Bertz CT molecular complexity index is 469. The molecule has 0 aliphatic rings. The first-order chi connectivity index (χ1) is 8.36. The maximum absolute atomic E-state index is 12.0. The van der Waals surface area contributed by atoms with Gasteiger partial charge in [-0.3, -0.25) is 0 Å². The van der Waals surface area contributed by atoms with E-state index in [1.165, 1.54) is 12.5 Å². The van der Waals surface area contributed by atoms with Gasteiger partial charge in [0.15, 0.2) is 0 Å². The molecular formula is C14H18N2O2. The van der Waals surface area contributed by atoms with E-state index in [2.05, 4.69) is 15.9 Å². The number of aryl methyl sites for hydroxylation is 1. The maximum atomic E-state index is 12.0. The SMILES string of the molecule is C#CCC(OC(=O)c1cncnc1C)C(C)(C)C. The molecule has 1 aromatic rings. The average Bonchev–Trinajstić information content (AvgIpc) is 2.27. The highest BCUT2D eigenvalue weighted by atomic mass is 16.5. The lowest BCUT2D eigenvalue weighted by Crippen LogP contribution is -2.31. The van der Waals surface area contributed by atoms with Gasteiger partial charge in [-0.2, -0.15) is 0 Å². The van der Waals surface area contributed by atoms with E-state index in [1.54, 1.807) is 6.92 Å². The summed E-state index contributed by atoms with van der Waals surface area (Å²) in [5.74, 6) is 2.11.